The van der Waals surface area contributed by atoms with Crippen molar-refractivity contribution in [3.8, 4) is 0 Å². The van der Waals surface area contributed by atoms with E-state index in [0.29, 0.717) is 10.6 Å². The summed E-state index contributed by atoms with van der Waals surface area (Å²) >= 11 is 1.36. The molecule has 0 saturated heterocycles. The smallest absolute Gasteiger partial charge is 0.266 e. The fourth-order valence-corrected chi connectivity index (χ4v) is 3.22. The van der Waals surface area contributed by atoms with Gasteiger partial charge in [0.1, 0.15) is 0 Å². The zero-order chi connectivity index (χ0) is 14.9. The number of sulfone groups is 1. The number of nitrogens with one attached hydrogen (secondary N) is 1. The molecule has 0 aliphatic rings. The van der Waals surface area contributed by atoms with Gasteiger partial charge in [-0.3, -0.25) is 4.79 Å². The van der Waals surface area contributed by atoms with Crippen molar-refractivity contribution in [1.82, 2.24) is 0 Å². The van der Waals surface area contributed by atoms with Crippen molar-refractivity contribution in [2.24, 2.45) is 0 Å². The molecule has 0 saturated carbocycles. The molecule has 6 heteroatoms. The number of rotatable bonds is 3. The van der Waals surface area contributed by atoms with Gasteiger partial charge >= 0.3 is 0 Å². The summed E-state index contributed by atoms with van der Waals surface area (Å²) in [7, 11) is -3.29. The van der Waals surface area contributed by atoms with E-state index in [0.717, 1.165) is 17.4 Å². The molecule has 2 rings (SSSR count). The summed E-state index contributed by atoms with van der Waals surface area (Å²) in [6.07, 6.45) is 1.15. The molecule has 1 aromatic carbocycles. The molecular formula is C14H15NO3S2. The number of benzene rings is 1. The highest BCUT2D eigenvalue weighted by molar-refractivity contribution is 7.90. The maximum Gasteiger partial charge on any atom is 0.266 e. The Morgan fingerprint density at radius 1 is 1.15 bits per heavy atom. The SMILES string of the molecule is Cc1ccc(S(C)(=O)=O)cc1NC(=O)c1sccc1C. The van der Waals surface area contributed by atoms with Crippen LogP contribution in [0, 0.1) is 13.8 Å². The van der Waals surface area contributed by atoms with Gasteiger partial charge in [0.25, 0.3) is 5.91 Å². The van der Waals surface area contributed by atoms with Crippen molar-refractivity contribution in [2.75, 3.05) is 11.6 Å². The number of hydrogen-bond donors (Lipinski definition) is 1. The van der Waals surface area contributed by atoms with Crippen LogP contribution in [0.2, 0.25) is 0 Å². The van der Waals surface area contributed by atoms with Crippen molar-refractivity contribution in [3.63, 3.8) is 0 Å². The molecule has 0 aliphatic heterocycles. The standard InChI is InChI=1S/C14H15NO3S2/c1-9-4-5-11(20(3,17)18)8-12(9)15-14(16)13-10(2)6-7-19-13/h4-8H,1-3H3,(H,15,16). The van der Waals surface area contributed by atoms with E-state index in [-0.39, 0.29) is 10.8 Å². The summed E-state index contributed by atoms with van der Waals surface area (Å²) in [6, 6.07) is 6.59. The van der Waals surface area contributed by atoms with Gasteiger partial charge in [-0.15, -0.1) is 11.3 Å². The minimum absolute atomic E-state index is 0.196. The van der Waals surface area contributed by atoms with E-state index < -0.39 is 9.84 Å². The largest absolute Gasteiger partial charge is 0.321 e. The quantitative estimate of drug-likeness (QED) is 0.948. The van der Waals surface area contributed by atoms with Gasteiger partial charge in [0.15, 0.2) is 9.84 Å². The average Bonchev–Trinajstić information content (AvgIpc) is 2.77. The first-order valence-corrected chi connectivity index (χ1v) is 8.72. The van der Waals surface area contributed by atoms with Crippen molar-refractivity contribution >= 4 is 32.8 Å². The molecule has 106 valence electrons. The lowest BCUT2D eigenvalue weighted by Gasteiger charge is -2.09. The third-order valence-corrected chi connectivity index (χ3v) is 5.08. The lowest BCUT2D eigenvalue weighted by Crippen LogP contribution is -2.13. The Morgan fingerprint density at radius 3 is 2.40 bits per heavy atom. The maximum atomic E-state index is 12.2. The van der Waals surface area contributed by atoms with Crippen LogP contribution < -0.4 is 5.32 Å². The molecule has 4 nitrogen and oxygen atoms in total. The first-order chi connectivity index (χ1) is 9.29. The van der Waals surface area contributed by atoms with E-state index in [1.54, 1.807) is 6.07 Å². The average molecular weight is 309 g/mol. The third kappa shape index (κ3) is 3.08. The van der Waals surface area contributed by atoms with Gasteiger partial charge < -0.3 is 5.32 Å². The van der Waals surface area contributed by atoms with Crippen LogP contribution >= 0.6 is 11.3 Å². The molecule has 0 fully saturated rings. The van der Waals surface area contributed by atoms with Crippen LogP contribution in [0.3, 0.4) is 0 Å². The van der Waals surface area contributed by atoms with Crippen LogP contribution in [0.4, 0.5) is 5.69 Å². The lowest BCUT2D eigenvalue weighted by atomic mass is 10.2. The minimum atomic E-state index is -3.29. The second-order valence-corrected chi connectivity index (χ2v) is 7.57. The van der Waals surface area contributed by atoms with E-state index in [1.165, 1.54) is 23.5 Å². The fraction of sp³-hybridized carbons (Fsp3) is 0.214. The van der Waals surface area contributed by atoms with E-state index >= 15 is 0 Å². The highest BCUT2D eigenvalue weighted by atomic mass is 32.2. The highest BCUT2D eigenvalue weighted by Gasteiger charge is 2.14. The molecule has 1 amide bonds. The highest BCUT2D eigenvalue weighted by Crippen LogP contribution is 2.23. The molecule has 0 spiro atoms. The summed E-state index contributed by atoms with van der Waals surface area (Å²) in [6.45, 7) is 3.69. The Kier molecular flexibility index (Phi) is 3.96. The molecule has 1 N–H and O–H groups in total. The Bertz CT molecular complexity index is 760. The van der Waals surface area contributed by atoms with E-state index in [1.807, 2.05) is 25.3 Å². The van der Waals surface area contributed by atoms with E-state index in [4.69, 9.17) is 0 Å². The van der Waals surface area contributed by atoms with Gasteiger partial charge in [-0.1, -0.05) is 6.07 Å². The Balaban J connectivity index is 2.34. The number of carbonyl (C=O) groups is 1. The number of anilines is 1. The summed E-state index contributed by atoms with van der Waals surface area (Å²) < 4.78 is 23.1. The molecular weight excluding hydrogens is 294 g/mol. The van der Waals surface area contributed by atoms with Gasteiger partial charge in [0.2, 0.25) is 0 Å². The first-order valence-electron chi connectivity index (χ1n) is 5.95. The van der Waals surface area contributed by atoms with Gasteiger partial charge in [-0.2, -0.15) is 0 Å². The van der Waals surface area contributed by atoms with Crippen LogP contribution in [0.5, 0.6) is 0 Å². The summed E-state index contributed by atoms with van der Waals surface area (Å²) in [5.74, 6) is -0.216. The Morgan fingerprint density at radius 2 is 1.85 bits per heavy atom. The molecule has 1 heterocycles. The monoisotopic (exact) mass is 309 g/mol. The predicted octanol–water partition coefficient (Wildman–Crippen LogP) is 3.02. The molecule has 0 bridgehead atoms. The van der Waals surface area contributed by atoms with Crippen LogP contribution in [0.1, 0.15) is 20.8 Å². The zero-order valence-electron chi connectivity index (χ0n) is 11.4. The van der Waals surface area contributed by atoms with E-state index in [9.17, 15) is 13.2 Å². The van der Waals surface area contributed by atoms with E-state index in [2.05, 4.69) is 5.32 Å². The fourth-order valence-electron chi connectivity index (χ4n) is 1.75. The minimum Gasteiger partial charge on any atom is -0.321 e. The van der Waals surface area contributed by atoms with Gasteiger partial charge in [0.05, 0.1) is 9.77 Å². The summed E-state index contributed by atoms with van der Waals surface area (Å²) in [4.78, 5) is 13.0. The topological polar surface area (TPSA) is 63.2 Å². The predicted molar refractivity (Wildman–Crippen MR) is 81.3 cm³/mol. The molecule has 0 unspecified atom stereocenters. The van der Waals surface area contributed by atoms with Crippen molar-refractivity contribution in [2.45, 2.75) is 18.7 Å². The third-order valence-electron chi connectivity index (χ3n) is 2.95. The molecule has 0 atom stereocenters. The van der Waals surface area contributed by atoms with Gasteiger partial charge in [-0.05, 0) is 48.6 Å². The summed E-state index contributed by atoms with van der Waals surface area (Å²) in [5.41, 5.74) is 2.25. The molecule has 2 aromatic rings. The van der Waals surface area contributed by atoms with Gasteiger partial charge in [0, 0.05) is 11.9 Å². The number of carbonyl (C=O) groups excluding carboxylic acids is 1. The normalized spacial score (nSPS) is 11.3. The van der Waals surface area contributed by atoms with Crippen LogP contribution in [-0.4, -0.2) is 20.6 Å². The number of hydrogen-bond acceptors (Lipinski definition) is 4. The first kappa shape index (κ1) is 14.7. The second-order valence-electron chi connectivity index (χ2n) is 4.64. The summed E-state index contributed by atoms with van der Waals surface area (Å²) in [5, 5.41) is 4.62. The molecule has 20 heavy (non-hydrogen) atoms. The molecule has 1 aromatic heterocycles. The van der Waals surface area contributed by atoms with Crippen LogP contribution in [-0.2, 0) is 9.84 Å². The number of amides is 1. The van der Waals surface area contributed by atoms with Crippen molar-refractivity contribution in [3.05, 3.63) is 45.6 Å². The zero-order valence-corrected chi connectivity index (χ0v) is 13.1. The Hall–Kier alpha value is -1.66. The number of thiophene rings is 1. The number of aryl methyl sites for hydroxylation is 2. The second kappa shape index (κ2) is 5.38. The van der Waals surface area contributed by atoms with Crippen LogP contribution in [0.15, 0.2) is 34.5 Å². The van der Waals surface area contributed by atoms with Crippen molar-refractivity contribution < 1.29 is 13.2 Å². The maximum absolute atomic E-state index is 12.2. The van der Waals surface area contributed by atoms with Crippen molar-refractivity contribution in [1.29, 1.82) is 0 Å². The lowest BCUT2D eigenvalue weighted by molar-refractivity contribution is 0.103. The molecule has 0 aliphatic carbocycles. The van der Waals surface area contributed by atoms with Crippen LogP contribution in [0.25, 0.3) is 0 Å². The molecule has 0 radical (unpaired) electrons. The van der Waals surface area contributed by atoms with Gasteiger partial charge in [-0.25, -0.2) is 8.42 Å². The Labute approximate surface area is 122 Å².